The summed E-state index contributed by atoms with van der Waals surface area (Å²) in [6.45, 7) is 7.30. The Bertz CT molecular complexity index is 673. The zero-order valence-electron chi connectivity index (χ0n) is 13.7. The normalized spacial score (nSPS) is 21.9. The maximum atomic E-state index is 12.8. The Morgan fingerprint density at radius 2 is 1.73 bits per heavy atom. The van der Waals surface area contributed by atoms with E-state index in [1.165, 1.54) is 7.05 Å². The van der Waals surface area contributed by atoms with Crippen molar-refractivity contribution in [2.24, 2.45) is 0 Å². The van der Waals surface area contributed by atoms with Crippen LogP contribution in [0.5, 0.6) is 0 Å². The van der Waals surface area contributed by atoms with Crippen molar-refractivity contribution in [3.63, 3.8) is 0 Å². The summed E-state index contributed by atoms with van der Waals surface area (Å²) in [5.74, 6) is -0.497. The highest BCUT2D eigenvalue weighted by Gasteiger charge is 2.36. The van der Waals surface area contributed by atoms with Gasteiger partial charge in [0.15, 0.2) is 0 Å². The molecule has 0 bridgehead atoms. The van der Waals surface area contributed by atoms with Crippen LogP contribution in [0.3, 0.4) is 0 Å². The van der Waals surface area contributed by atoms with Gasteiger partial charge in [-0.15, -0.1) is 0 Å². The summed E-state index contributed by atoms with van der Waals surface area (Å²) in [5.41, 5.74) is 2.30. The van der Waals surface area contributed by atoms with Gasteiger partial charge >= 0.3 is 0 Å². The van der Waals surface area contributed by atoms with E-state index in [0.717, 1.165) is 16.3 Å². The minimum absolute atomic E-state index is 0.00657. The lowest BCUT2D eigenvalue weighted by Gasteiger charge is -2.23. The molecule has 1 aliphatic heterocycles. The number of benzene rings is 1. The molecule has 0 N–H and O–H groups in total. The third-order valence-corrected chi connectivity index (χ3v) is 6.10. The van der Waals surface area contributed by atoms with Gasteiger partial charge in [0, 0.05) is 7.05 Å². The minimum atomic E-state index is -3.87. The first kappa shape index (κ1) is 17.0. The molecular weight excluding hydrogens is 302 g/mol. The van der Waals surface area contributed by atoms with E-state index in [1.807, 2.05) is 26.0 Å². The molecule has 1 fully saturated rings. The zero-order chi connectivity index (χ0) is 16.7. The van der Waals surface area contributed by atoms with Crippen LogP contribution in [-0.4, -0.2) is 37.9 Å². The van der Waals surface area contributed by atoms with Crippen LogP contribution in [0, 0.1) is 20.8 Å². The van der Waals surface area contributed by atoms with Gasteiger partial charge in [0.2, 0.25) is 0 Å². The molecule has 1 amide bonds. The van der Waals surface area contributed by atoms with Gasteiger partial charge < -0.3 is 4.74 Å². The van der Waals surface area contributed by atoms with Gasteiger partial charge in [-0.2, -0.15) is 0 Å². The van der Waals surface area contributed by atoms with Crippen LogP contribution >= 0.6 is 0 Å². The molecule has 2 atom stereocenters. The molecule has 6 heteroatoms. The fourth-order valence-corrected chi connectivity index (χ4v) is 4.58. The van der Waals surface area contributed by atoms with E-state index < -0.39 is 22.0 Å². The van der Waals surface area contributed by atoms with Crippen molar-refractivity contribution in [2.75, 3.05) is 7.05 Å². The van der Waals surface area contributed by atoms with Gasteiger partial charge in [-0.25, -0.2) is 12.7 Å². The highest BCUT2D eigenvalue weighted by atomic mass is 32.2. The van der Waals surface area contributed by atoms with Crippen LogP contribution < -0.4 is 0 Å². The summed E-state index contributed by atoms with van der Waals surface area (Å²) in [6.07, 6.45) is 0.659. The maximum absolute atomic E-state index is 12.8. The SMILES string of the molecule is Cc1cc(C)c(S(=O)(=O)N(C)C(=O)[C@H]2CC[C@@H](C)O2)c(C)c1. The quantitative estimate of drug-likeness (QED) is 0.855. The summed E-state index contributed by atoms with van der Waals surface area (Å²) in [5, 5.41) is 0. The lowest BCUT2D eigenvalue weighted by molar-refractivity contribution is -0.136. The lowest BCUT2D eigenvalue weighted by atomic mass is 10.1. The van der Waals surface area contributed by atoms with Crippen LogP contribution in [-0.2, 0) is 19.6 Å². The zero-order valence-corrected chi connectivity index (χ0v) is 14.5. The molecule has 1 heterocycles. The van der Waals surface area contributed by atoms with Gasteiger partial charge in [0.1, 0.15) is 6.10 Å². The van der Waals surface area contributed by atoms with Crippen LogP contribution in [0.1, 0.15) is 36.5 Å². The number of carbonyl (C=O) groups excluding carboxylic acids is 1. The molecule has 0 aliphatic carbocycles. The molecule has 22 heavy (non-hydrogen) atoms. The first-order valence-corrected chi connectivity index (χ1v) is 8.84. The molecule has 1 saturated heterocycles. The predicted molar refractivity (Wildman–Crippen MR) is 84.2 cm³/mol. The highest BCUT2D eigenvalue weighted by Crippen LogP contribution is 2.27. The number of likely N-dealkylation sites (N-methyl/N-ethyl adjacent to an activating group) is 1. The van der Waals surface area contributed by atoms with Crippen molar-refractivity contribution in [1.82, 2.24) is 4.31 Å². The molecule has 2 rings (SSSR count). The Kier molecular flexibility index (Phi) is 4.63. The molecule has 0 spiro atoms. The van der Waals surface area contributed by atoms with E-state index >= 15 is 0 Å². The Balaban J connectivity index is 2.36. The number of hydrogen-bond acceptors (Lipinski definition) is 4. The van der Waals surface area contributed by atoms with Crippen LogP contribution in [0.2, 0.25) is 0 Å². The van der Waals surface area contributed by atoms with Crippen molar-refractivity contribution < 1.29 is 17.9 Å². The standard InChI is InChI=1S/C16H23NO4S/c1-10-8-11(2)15(12(3)9-10)22(19,20)17(5)16(18)14-7-6-13(4)21-14/h8-9,13-14H,6-7H2,1-5H3/t13-,14-/m1/s1. The maximum Gasteiger partial charge on any atom is 0.266 e. The largest absolute Gasteiger partial charge is 0.365 e. The van der Waals surface area contributed by atoms with Crippen molar-refractivity contribution in [3.05, 3.63) is 28.8 Å². The second-order valence-corrected chi connectivity index (χ2v) is 7.96. The second-order valence-electron chi connectivity index (χ2n) is 6.05. The molecule has 0 unspecified atom stereocenters. The predicted octanol–water partition coefficient (Wildman–Crippen LogP) is 2.33. The van der Waals surface area contributed by atoms with E-state index in [2.05, 4.69) is 0 Å². The number of amides is 1. The van der Waals surface area contributed by atoms with Crippen molar-refractivity contribution in [2.45, 2.75) is 57.6 Å². The number of sulfonamides is 1. The molecular formula is C16H23NO4S. The Morgan fingerprint density at radius 3 is 2.18 bits per heavy atom. The molecule has 0 radical (unpaired) electrons. The third-order valence-electron chi connectivity index (χ3n) is 4.04. The van der Waals surface area contributed by atoms with Gasteiger partial charge in [-0.3, -0.25) is 4.79 Å². The number of carbonyl (C=O) groups is 1. The average molecular weight is 325 g/mol. The Labute approximate surface area is 132 Å². The van der Waals surface area contributed by atoms with Crippen LogP contribution in [0.4, 0.5) is 0 Å². The lowest BCUT2D eigenvalue weighted by Crippen LogP contribution is -2.40. The first-order valence-electron chi connectivity index (χ1n) is 7.40. The van der Waals surface area contributed by atoms with Gasteiger partial charge in [-0.05, 0) is 51.7 Å². The topological polar surface area (TPSA) is 63.7 Å². The fraction of sp³-hybridized carbons (Fsp3) is 0.562. The highest BCUT2D eigenvalue weighted by molar-refractivity contribution is 7.89. The van der Waals surface area contributed by atoms with E-state index in [4.69, 9.17) is 4.74 Å². The van der Waals surface area contributed by atoms with Crippen LogP contribution in [0.25, 0.3) is 0 Å². The first-order chi connectivity index (χ1) is 10.1. The van der Waals surface area contributed by atoms with E-state index in [1.54, 1.807) is 13.8 Å². The number of ether oxygens (including phenoxy) is 1. The summed E-state index contributed by atoms with van der Waals surface area (Å²) in [6, 6.07) is 3.62. The van der Waals surface area contributed by atoms with Crippen LogP contribution in [0.15, 0.2) is 17.0 Å². The number of rotatable bonds is 3. The smallest absolute Gasteiger partial charge is 0.266 e. The van der Waals surface area contributed by atoms with E-state index in [-0.39, 0.29) is 11.0 Å². The summed E-state index contributed by atoms with van der Waals surface area (Å²) in [4.78, 5) is 12.6. The summed E-state index contributed by atoms with van der Waals surface area (Å²) in [7, 11) is -2.56. The number of aryl methyl sites for hydroxylation is 3. The Morgan fingerprint density at radius 1 is 1.18 bits per heavy atom. The molecule has 122 valence electrons. The second kappa shape index (κ2) is 6.01. The summed E-state index contributed by atoms with van der Waals surface area (Å²) >= 11 is 0. The van der Waals surface area contributed by atoms with E-state index in [0.29, 0.717) is 17.5 Å². The van der Waals surface area contributed by atoms with Crippen molar-refractivity contribution in [3.8, 4) is 0 Å². The molecule has 0 saturated carbocycles. The van der Waals surface area contributed by atoms with Gasteiger partial charge in [0.05, 0.1) is 11.0 Å². The fourth-order valence-electron chi connectivity index (χ4n) is 3.02. The number of hydrogen-bond donors (Lipinski definition) is 0. The number of nitrogens with zero attached hydrogens (tertiary/aromatic N) is 1. The monoisotopic (exact) mass is 325 g/mol. The van der Waals surface area contributed by atoms with Gasteiger partial charge in [-0.1, -0.05) is 17.7 Å². The molecule has 1 aromatic carbocycles. The van der Waals surface area contributed by atoms with Gasteiger partial charge in [0.25, 0.3) is 15.9 Å². The minimum Gasteiger partial charge on any atom is -0.365 e. The molecule has 1 aliphatic rings. The third kappa shape index (κ3) is 3.03. The molecule has 0 aromatic heterocycles. The average Bonchev–Trinajstić information content (AvgIpc) is 2.82. The van der Waals surface area contributed by atoms with Crippen molar-refractivity contribution in [1.29, 1.82) is 0 Å². The summed E-state index contributed by atoms with van der Waals surface area (Å²) < 4.78 is 32.0. The van der Waals surface area contributed by atoms with E-state index in [9.17, 15) is 13.2 Å². The molecule has 5 nitrogen and oxygen atoms in total. The van der Waals surface area contributed by atoms with Crippen molar-refractivity contribution >= 4 is 15.9 Å². The Hall–Kier alpha value is -1.40. The molecule has 1 aromatic rings.